The molecule has 98 valence electrons. The lowest BCUT2D eigenvalue weighted by atomic mass is 10.2. The lowest BCUT2D eigenvalue weighted by Crippen LogP contribution is -2.04. The minimum Gasteiger partial charge on any atom is -0.497 e. The zero-order chi connectivity index (χ0) is 13.7. The van der Waals surface area contributed by atoms with Gasteiger partial charge in [0.2, 0.25) is 0 Å². The second-order valence-electron chi connectivity index (χ2n) is 3.81. The van der Waals surface area contributed by atoms with Gasteiger partial charge in [-0.1, -0.05) is 0 Å². The van der Waals surface area contributed by atoms with E-state index in [9.17, 15) is 4.79 Å². The molecule has 5 heteroatoms. The number of benzene rings is 1. The van der Waals surface area contributed by atoms with Crippen LogP contribution in [0.2, 0.25) is 0 Å². The molecule has 0 fully saturated rings. The Morgan fingerprint density at radius 2 is 2.00 bits per heavy atom. The molecule has 1 aromatic heterocycles. The van der Waals surface area contributed by atoms with E-state index < -0.39 is 5.97 Å². The molecule has 0 aliphatic heterocycles. The average Bonchev–Trinajstić information content (AvgIpc) is 2.46. The van der Waals surface area contributed by atoms with Gasteiger partial charge in [0.1, 0.15) is 23.7 Å². The van der Waals surface area contributed by atoms with Crippen LogP contribution in [-0.2, 0) is 6.61 Å². The van der Waals surface area contributed by atoms with Gasteiger partial charge < -0.3 is 14.6 Å². The van der Waals surface area contributed by atoms with Crippen molar-refractivity contribution in [2.75, 3.05) is 7.11 Å². The molecule has 1 heterocycles. The highest BCUT2D eigenvalue weighted by Crippen LogP contribution is 2.25. The molecule has 1 N–H and O–H groups in total. The predicted molar refractivity (Wildman–Crippen MR) is 68.5 cm³/mol. The third-order valence-corrected chi connectivity index (χ3v) is 2.56. The summed E-state index contributed by atoms with van der Waals surface area (Å²) in [7, 11) is 1.48. The predicted octanol–water partition coefficient (Wildman–Crippen LogP) is 2.37. The van der Waals surface area contributed by atoms with Crippen LogP contribution in [0.1, 0.15) is 15.9 Å². The van der Waals surface area contributed by atoms with Gasteiger partial charge in [-0.3, -0.25) is 4.98 Å². The zero-order valence-corrected chi connectivity index (χ0v) is 10.4. The Morgan fingerprint density at radius 3 is 2.63 bits per heavy atom. The first kappa shape index (κ1) is 12.9. The summed E-state index contributed by atoms with van der Waals surface area (Å²) in [4.78, 5) is 15.1. The van der Waals surface area contributed by atoms with Crippen LogP contribution >= 0.6 is 0 Å². The molecule has 0 amide bonds. The van der Waals surface area contributed by atoms with Crippen molar-refractivity contribution in [3.8, 4) is 11.5 Å². The molecule has 0 aliphatic rings. The van der Waals surface area contributed by atoms with Gasteiger partial charge in [0.25, 0.3) is 0 Å². The molecule has 0 saturated carbocycles. The Labute approximate surface area is 110 Å². The summed E-state index contributed by atoms with van der Waals surface area (Å²) in [5.74, 6) is -0.262. The lowest BCUT2D eigenvalue weighted by molar-refractivity contribution is 0.0691. The zero-order valence-electron chi connectivity index (χ0n) is 10.4. The molecule has 0 unspecified atom stereocenters. The number of aromatic nitrogens is 1. The van der Waals surface area contributed by atoms with E-state index in [2.05, 4.69) is 4.98 Å². The highest BCUT2D eigenvalue weighted by atomic mass is 16.5. The molecule has 2 rings (SSSR count). The molecular weight excluding hydrogens is 246 g/mol. The number of nitrogens with zero attached hydrogens (tertiary/aromatic N) is 1. The number of ether oxygens (including phenoxy) is 2. The van der Waals surface area contributed by atoms with Crippen molar-refractivity contribution < 1.29 is 19.4 Å². The van der Waals surface area contributed by atoms with E-state index in [0.29, 0.717) is 11.5 Å². The standard InChI is InChI=1S/C14H13NO4/c1-18-11-2-3-13(12(8-11)14(16)17)19-9-10-4-6-15-7-5-10/h2-8H,9H2,1H3,(H,16,17). The van der Waals surface area contributed by atoms with E-state index >= 15 is 0 Å². The summed E-state index contributed by atoms with van der Waals surface area (Å²) in [5.41, 5.74) is 0.996. The molecule has 0 aliphatic carbocycles. The molecule has 0 radical (unpaired) electrons. The third kappa shape index (κ3) is 3.22. The number of methoxy groups -OCH3 is 1. The molecule has 0 spiro atoms. The Kier molecular flexibility index (Phi) is 3.97. The summed E-state index contributed by atoms with van der Waals surface area (Å²) < 4.78 is 10.5. The molecule has 0 saturated heterocycles. The van der Waals surface area contributed by atoms with Gasteiger partial charge in [0.15, 0.2) is 0 Å². The topological polar surface area (TPSA) is 68.7 Å². The van der Waals surface area contributed by atoms with Gasteiger partial charge in [-0.05, 0) is 35.9 Å². The largest absolute Gasteiger partial charge is 0.497 e. The maximum Gasteiger partial charge on any atom is 0.339 e. The summed E-state index contributed by atoms with van der Waals surface area (Å²) in [6.07, 6.45) is 3.32. The van der Waals surface area contributed by atoms with Crippen molar-refractivity contribution in [1.82, 2.24) is 4.98 Å². The summed E-state index contributed by atoms with van der Waals surface area (Å²) in [6.45, 7) is 0.287. The van der Waals surface area contributed by atoms with Gasteiger partial charge in [-0.15, -0.1) is 0 Å². The van der Waals surface area contributed by atoms with E-state index in [0.717, 1.165) is 5.56 Å². The third-order valence-electron chi connectivity index (χ3n) is 2.56. The van der Waals surface area contributed by atoms with E-state index in [4.69, 9.17) is 14.6 Å². The van der Waals surface area contributed by atoms with Crippen LogP contribution in [0.25, 0.3) is 0 Å². The van der Waals surface area contributed by atoms with Gasteiger partial charge >= 0.3 is 5.97 Å². The number of hydrogen-bond acceptors (Lipinski definition) is 4. The highest BCUT2D eigenvalue weighted by Gasteiger charge is 2.12. The average molecular weight is 259 g/mol. The van der Waals surface area contributed by atoms with Crippen molar-refractivity contribution in [3.05, 3.63) is 53.9 Å². The summed E-state index contributed by atoms with van der Waals surface area (Å²) in [6, 6.07) is 8.30. The number of carboxylic acids is 1. The van der Waals surface area contributed by atoms with Gasteiger partial charge in [0.05, 0.1) is 7.11 Å². The van der Waals surface area contributed by atoms with Crippen molar-refractivity contribution in [2.45, 2.75) is 6.61 Å². The maximum atomic E-state index is 11.2. The van der Waals surface area contributed by atoms with E-state index in [1.807, 2.05) is 12.1 Å². The van der Waals surface area contributed by atoms with Crippen molar-refractivity contribution in [3.63, 3.8) is 0 Å². The fraction of sp³-hybridized carbons (Fsp3) is 0.143. The smallest absolute Gasteiger partial charge is 0.339 e. The van der Waals surface area contributed by atoms with Crippen molar-refractivity contribution in [1.29, 1.82) is 0 Å². The Balaban J connectivity index is 2.18. The number of pyridine rings is 1. The minimum atomic E-state index is -1.05. The van der Waals surface area contributed by atoms with Gasteiger partial charge in [0, 0.05) is 12.4 Å². The Hall–Kier alpha value is -2.56. The molecule has 2 aromatic rings. The van der Waals surface area contributed by atoms with Crippen LogP contribution in [-0.4, -0.2) is 23.2 Å². The number of carboxylic acid groups (broad SMARTS) is 1. The Morgan fingerprint density at radius 1 is 1.26 bits per heavy atom. The molecular formula is C14H13NO4. The monoisotopic (exact) mass is 259 g/mol. The number of rotatable bonds is 5. The van der Waals surface area contributed by atoms with Crippen LogP contribution < -0.4 is 9.47 Å². The van der Waals surface area contributed by atoms with Gasteiger partial charge in [-0.25, -0.2) is 4.79 Å². The fourth-order valence-corrected chi connectivity index (χ4v) is 1.57. The second kappa shape index (κ2) is 5.86. The van der Waals surface area contributed by atoms with Crippen LogP contribution in [0.3, 0.4) is 0 Å². The molecule has 19 heavy (non-hydrogen) atoms. The van der Waals surface area contributed by atoms with E-state index in [-0.39, 0.29) is 12.2 Å². The Bertz CT molecular complexity index is 569. The first-order chi connectivity index (χ1) is 9.20. The summed E-state index contributed by atoms with van der Waals surface area (Å²) in [5, 5.41) is 9.14. The van der Waals surface area contributed by atoms with Crippen molar-refractivity contribution >= 4 is 5.97 Å². The molecule has 5 nitrogen and oxygen atoms in total. The number of hydrogen-bond donors (Lipinski definition) is 1. The van der Waals surface area contributed by atoms with E-state index in [1.54, 1.807) is 24.5 Å². The maximum absolute atomic E-state index is 11.2. The SMILES string of the molecule is COc1ccc(OCc2ccncc2)c(C(=O)O)c1. The van der Waals surface area contributed by atoms with Crippen LogP contribution in [0.5, 0.6) is 11.5 Å². The molecule has 0 atom stereocenters. The summed E-state index contributed by atoms with van der Waals surface area (Å²) >= 11 is 0. The quantitative estimate of drug-likeness (QED) is 0.892. The molecule has 1 aromatic carbocycles. The molecule has 0 bridgehead atoms. The number of carbonyl (C=O) groups is 1. The van der Waals surface area contributed by atoms with Crippen LogP contribution in [0.15, 0.2) is 42.7 Å². The van der Waals surface area contributed by atoms with Crippen LogP contribution in [0, 0.1) is 0 Å². The first-order valence-electron chi connectivity index (χ1n) is 5.63. The van der Waals surface area contributed by atoms with Crippen molar-refractivity contribution in [2.24, 2.45) is 0 Å². The normalized spacial score (nSPS) is 9.95. The second-order valence-corrected chi connectivity index (χ2v) is 3.81. The minimum absolute atomic E-state index is 0.0772. The fourth-order valence-electron chi connectivity index (χ4n) is 1.57. The number of aromatic carboxylic acids is 1. The first-order valence-corrected chi connectivity index (χ1v) is 5.63. The highest BCUT2D eigenvalue weighted by molar-refractivity contribution is 5.91. The van der Waals surface area contributed by atoms with Crippen LogP contribution in [0.4, 0.5) is 0 Å². The van der Waals surface area contributed by atoms with Gasteiger partial charge in [-0.2, -0.15) is 0 Å². The van der Waals surface area contributed by atoms with E-state index in [1.165, 1.54) is 13.2 Å². The lowest BCUT2D eigenvalue weighted by Gasteiger charge is -2.10.